The van der Waals surface area contributed by atoms with Gasteiger partial charge in [-0.3, -0.25) is 4.79 Å². The van der Waals surface area contributed by atoms with E-state index in [1.807, 2.05) is 13.8 Å². The van der Waals surface area contributed by atoms with E-state index in [0.29, 0.717) is 11.1 Å². The smallest absolute Gasteiger partial charge is 0.339 e. The van der Waals surface area contributed by atoms with Gasteiger partial charge < -0.3 is 4.74 Å². The van der Waals surface area contributed by atoms with Crippen LogP contribution in [-0.4, -0.2) is 11.8 Å². The van der Waals surface area contributed by atoms with Gasteiger partial charge in [-0.15, -0.1) is 0 Å². The average Bonchev–Trinajstić information content (AvgIpc) is 2.37. The van der Waals surface area contributed by atoms with Gasteiger partial charge in [0.25, 0.3) is 0 Å². The number of ketones is 1. The van der Waals surface area contributed by atoms with Gasteiger partial charge in [-0.1, -0.05) is 12.1 Å². The molecule has 2 rings (SSSR count). The lowest BCUT2D eigenvalue weighted by Gasteiger charge is -2.17. The molecule has 15 heavy (non-hydrogen) atoms. The Balaban J connectivity index is 2.60. The highest BCUT2D eigenvalue weighted by Gasteiger charge is 2.37. The Morgan fingerprint density at radius 2 is 2.00 bits per heavy atom. The highest BCUT2D eigenvalue weighted by molar-refractivity contribution is 6.00. The first-order chi connectivity index (χ1) is 6.92. The van der Waals surface area contributed by atoms with Crippen LogP contribution in [0, 0.1) is 0 Å². The molecule has 78 valence electrons. The van der Waals surface area contributed by atoms with Crippen LogP contribution < -0.4 is 0 Å². The average molecular weight is 204 g/mol. The van der Waals surface area contributed by atoms with Crippen molar-refractivity contribution in [3.8, 4) is 0 Å². The Bertz CT molecular complexity index is 458. The van der Waals surface area contributed by atoms with Crippen LogP contribution in [0.1, 0.15) is 47.1 Å². The van der Waals surface area contributed by atoms with Crippen LogP contribution in [0.15, 0.2) is 18.2 Å². The molecule has 0 radical (unpaired) electrons. The van der Waals surface area contributed by atoms with Gasteiger partial charge in [-0.25, -0.2) is 4.79 Å². The fraction of sp³-hybridized carbons (Fsp3) is 0.333. The summed E-state index contributed by atoms with van der Waals surface area (Å²) in [6, 6.07) is 5.12. The molecular weight excluding hydrogens is 192 g/mol. The fourth-order valence-electron chi connectivity index (χ4n) is 1.80. The number of benzene rings is 1. The van der Waals surface area contributed by atoms with Crippen molar-refractivity contribution in [3.63, 3.8) is 0 Å². The lowest BCUT2D eigenvalue weighted by molar-refractivity contribution is 0.00954. The second-order valence-corrected chi connectivity index (χ2v) is 4.22. The zero-order chi connectivity index (χ0) is 11.2. The molecule has 1 aromatic carbocycles. The minimum Gasteiger partial charge on any atom is -0.451 e. The maximum absolute atomic E-state index is 11.5. The third kappa shape index (κ3) is 1.44. The van der Waals surface area contributed by atoms with Crippen molar-refractivity contribution in [2.45, 2.75) is 26.4 Å². The SMILES string of the molecule is CC(=O)c1ccc2c(c1)C(=O)OC2(C)C. The minimum absolute atomic E-state index is 0.0460. The quantitative estimate of drug-likeness (QED) is 0.520. The van der Waals surface area contributed by atoms with E-state index in [9.17, 15) is 9.59 Å². The molecule has 1 aromatic rings. The van der Waals surface area contributed by atoms with E-state index in [4.69, 9.17) is 4.74 Å². The second kappa shape index (κ2) is 2.92. The summed E-state index contributed by atoms with van der Waals surface area (Å²) in [4.78, 5) is 22.7. The maximum atomic E-state index is 11.5. The fourth-order valence-corrected chi connectivity index (χ4v) is 1.80. The van der Waals surface area contributed by atoms with Gasteiger partial charge in [-0.2, -0.15) is 0 Å². The third-order valence-electron chi connectivity index (χ3n) is 2.64. The minimum atomic E-state index is -0.582. The molecule has 1 heterocycles. The number of hydrogen-bond donors (Lipinski definition) is 0. The van der Waals surface area contributed by atoms with Crippen molar-refractivity contribution in [2.24, 2.45) is 0 Å². The molecule has 1 aliphatic heterocycles. The van der Waals surface area contributed by atoms with Crippen molar-refractivity contribution in [1.82, 2.24) is 0 Å². The van der Waals surface area contributed by atoms with E-state index in [0.717, 1.165) is 5.56 Å². The summed E-state index contributed by atoms with van der Waals surface area (Å²) < 4.78 is 5.20. The molecule has 0 saturated carbocycles. The van der Waals surface area contributed by atoms with Gasteiger partial charge in [0, 0.05) is 11.1 Å². The van der Waals surface area contributed by atoms with Crippen LogP contribution in [0.3, 0.4) is 0 Å². The molecule has 0 bridgehead atoms. The summed E-state index contributed by atoms with van der Waals surface area (Å²) in [5.41, 5.74) is 1.32. The van der Waals surface area contributed by atoms with Gasteiger partial charge >= 0.3 is 5.97 Å². The maximum Gasteiger partial charge on any atom is 0.339 e. The Hall–Kier alpha value is -1.64. The monoisotopic (exact) mass is 204 g/mol. The highest BCUT2D eigenvalue weighted by atomic mass is 16.6. The van der Waals surface area contributed by atoms with E-state index in [1.165, 1.54) is 6.92 Å². The van der Waals surface area contributed by atoms with E-state index in [2.05, 4.69) is 0 Å². The lowest BCUT2D eigenvalue weighted by Crippen LogP contribution is -2.15. The largest absolute Gasteiger partial charge is 0.451 e. The molecule has 3 heteroatoms. The summed E-state index contributed by atoms with van der Waals surface area (Å²) in [7, 11) is 0. The van der Waals surface area contributed by atoms with Crippen molar-refractivity contribution in [2.75, 3.05) is 0 Å². The first-order valence-corrected chi connectivity index (χ1v) is 4.80. The van der Waals surface area contributed by atoms with E-state index in [1.54, 1.807) is 18.2 Å². The Morgan fingerprint density at radius 3 is 2.60 bits per heavy atom. The van der Waals surface area contributed by atoms with E-state index in [-0.39, 0.29) is 11.8 Å². The number of esters is 1. The van der Waals surface area contributed by atoms with Gasteiger partial charge in [0.2, 0.25) is 0 Å². The summed E-state index contributed by atoms with van der Waals surface area (Å²) in [6.45, 7) is 5.15. The zero-order valence-corrected chi connectivity index (χ0v) is 8.96. The van der Waals surface area contributed by atoms with Gasteiger partial charge in [-0.05, 0) is 26.8 Å². The number of ether oxygens (including phenoxy) is 1. The predicted octanol–water partition coefficient (Wildman–Crippen LogP) is 2.29. The lowest BCUT2D eigenvalue weighted by atomic mass is 9.94. The van der Waals surface area contributed by atoms with Crippen LogP contribution >= 0.6 is 0 Å². The number of hydrogen-bond acceptors (Lipinski definition) is 3. The summed E-state index contributed by atoms with van der Waals surface area (Å²) >= 11 is 0. The number of rotatable bonds is 1. The topological polar surface area (TPSA) is 43.4 Å². The Kier molecular flexibility index (Phi) is 1.93. The van der Waals surface area contributed by atoms with E-state index < -0.39 is 5.60 Å². The number of cyclic esters (lactones) is 1. The van der Waals surface area contributed by atoms with Crippen LogP contribution in [0.25, 0.3) is 0 Å². The highest BCUT2D eigenvalue weighted by Crippen LogP contribution is 2.35. The molecule has 3 nitrogen and oxygen atoms in total. The zero-order valence-electron chi connectivity index (χ0n) is 8.96. The molecule has 0 aliphatic carbocycles. The van der Waals surface area contributed by atoms with Crippen molar-refractivity contribution >= 4 is 11.8 Å². The molecule has 0 fully saturated rings. The van der Waals surface area contributed by atoms with Crippen LogP contribution in [0.2, 0.25) is 0 Å². The molecule has 0 N–H and O–H groups in total. The molecule has 0 spiro atoms. The number of fused-ring (bicyclic) bond motifs is 1. The van der Waals surface area contributed by atoms with Crippen LogP contribution in [0.4, 0.5) is 0 Å². The Morgan fingerprint density at radius 1 is 1.33 bits per heavy atom. The molecule has 0 aromatic heterocycles. The van der Waals surface area contributed by atoms with Gasteiger partial charge in [0.15, 0.2) is 5.78 Å². The van der Waals surface area contributed by atoms with Gasteiger partial charge in [0.05, 0.1) is 5.56 Å². The van der Waals surface area contributed by atoms with Crippen LogP contribution in [0.5, 0.6) is 0 Å². The first-order valence-electron chi connectivity index (χ1n) is 4.80. The van der Waals surface area contributed by atoms with Crippen molar-refractivity contribution < 1.29 is 14.3 Å². The summed E-state index contributed by atoms with van der Waals surface area (Å²) in [5, 5.41) is 0. The molecule has 0 unspecified atom stereocenters. The summed E-state index contributed by atoms with van der Waals surface area (Å²) in [5.74, 6) is -0.395. The third-order valence-corrected chi connectivity index (χ3v) is 2.64. The second-order valence-electron chi connectivity index (χ2n) is 4.22. The van der Waals surface area contributed by atoms with Crippen molar-refractivity contribution in [1.29, 1.82) is 0 Å². The van der Waals surface area contributed by atoms with Crippen LogP contribution in [-0.2, 0) is 10.3 Å². The first kappa shape index (κ1) is 9.90. The van der Waals surface area contributed by atoms with Gasteiger partial charge in [0.1, 0.15) is 5.60 Å². The molecule has 1 aliphatic rings. The Labute approximate surface area is 88.1 Å². The van der Waals surface area contributed by atoms with Crippen molar-refractivity contribution in [3.05, 3.63) is 34.9 Å². The standard InChI is InChI=1S/C12H12O3/c1-7(13)8-4-5-10-9(6-8)11(14)15-12(10,2)3/h4-6H,1-3H3. The molecule has 0 amide bonds. The predicted molar refractivity (Wildman–Crippen MR) is 54.9 cm³/mol. The molecule has 0 saturated heterocycles. The number of carbonyl (C=O) groups excluding carboxylic acids is 2. The number of Topliss-reactive ketones (excluding diaryl/α,β-unsaturated/α-hetero) is 1. The van der Waals surface area contributed by atoms with E-state index >= 15 is 0 Å². The molecular formula is C12H12O3. The number of carbonyl (C=O) groups is 2. The summed E-state index contributed by atoms with van der Waals surface area (Å²) in [6.07, 6.45) is 0. The molecule has 0 atom stereocenters. The normalized spacial score (nSPS) is 17.1.